The quantitative estimate of drug-likeness (QED) is 0.886. The molecule has 0 saturated heterocycles. The van der Waals surface area contributed by atoms with Crippen LogP contribution in [0.5, 0.6) is 0 Å². The second kappa shape index (κ2) is 5.10. The molecule has 0 aliphatic carbocycles. The predicted molar refractivity (Wildman–Crippen MR) is 69.3 cm³/mol. The fourth-order valence-electron chi connectivity index (χ4n) is 1.57. The molecule has 1 N–H and O–H groups in total. The van der Waals surface area contributed by atoms with Crippen molar-refractivity contribution in [1.82, 2.24) is 25.1 Å². The Hall–Kier alpha value is -1.01. The van der Waals surface area contributed by atoms with Crippen LogP contribution in [-0.4, -0.2) is 26.4 Å². The summed E-state index contributed by atoms with van der Waals surface area (Å²) in [5, 5.41) is 17.3. The Kier molecular flexibility index (Phi) is 3.73. The average molecular weight is 253 g/mol. The lowest BCUT2D eigenvalue weighted by molar-refractivity contribution is 0.548. The second-order valence-corrected chi connectivity index (χ2v) is 5.97. The van der Waals surface area contributed by atoms with Crippen molar-refractivity contribution < 1.29 is 0 Å². The molecule has 0 aliphatic rings. The first-order valence-corrected chi connectivity index (χ1v) is 6.81. The van der Waals surface area contributed by atoms with Gasteiger partial charge < -0.3 is 5.32 Å². The highest BCUT2D eigenvalue weighted by Gasteiger charge is 2.13. The van der Waals surface area contributed by atoms with E-state index in [9.17, 15) is 0 Å². The Morgan fingerprint density at radius 2 is 2.00 bits per heavy atom. The van der Waals surface area contributed by atoms with Gasteiger partial charge in [-0.2, -0.15) is 9.61 Å². The predicted octanol–water partition coefficient (Wildman–Crippen LogP) is 2.05. The van der Waals surface area contributed by atoms with E-state index in [1.54, 1.807) is 11.3 Å². The standard InChI is InChI=1S/C11H19N5S/c1-7(2)5-12-6-9-15-16-10(8(3)4)13-14-11(16)17-9/h7-8,12H,5-6H2,1-4H3. The summed E-state index contributed by atoms with van der Waals surface area (Å²) in [6, 6.07) is 0. The summed E-state index contributed by atoms with van der Waals surface area (Å²) in [6.07, 6.45) is 0. The molecule has 0 atom stereocenters. The van der Waals surface area contributed by atoms with Gasteiger partial charge in [0.15, 0.2) is 5.82 Å². The molecule has 0 bridgehead atoms. The molecule has 0 aliphatic heterocycles. The summed E-state index contributed by atoms with van der Waals surface area (Å²) in [5.41, 5.74) is 0. The largest absolute Gasteiger partial charge is 0.310 e. The molecular formula is C11H19N5S. The van der Waals surface area contributed by atoms with Crippen LogP contribution < -0.4 is 5.32 Å². The summed E-state index contributed by atoms with van der Waals surface area (Å²) in [6.45, 7) is 10.4. The van der Waals surface area contributed by atoms with Crippen molar-refractivity contribution >= 4 is 16.3 Å². The number of hydrogen-bond donors (Lipinski definition) is 1. The Morgan fingerprint density at radius 1 is 1.24 bits per heavy atom. The number of nitrogens with one attached hydrogen (secondary N) is 1. The lowest BCUT2D eigenvalue weighted by atomic mass is 10.2. The minimum atomic E-state index is 0.351. The van der Waals surface area contributed by atoms with Crippen LogP contribution in [0.4, 0.5) is 0 Å². The molecule has 94 valence electrons. The SMILES string of the molecule is CC(C)CNCc1nn2c(C(C)C)nnc2s1. The van der Waals surface area contributed by atoms with E-state index in [-0.39, 0.29) is 0 Å². The van der Waals surface area contributed by atoms with Crippen molar-refractivity contribution in [3.8, 4) is 0 Å². The van der Waals surface area contributed by atoms with E-state index < -0.39 is 0 Å². The third-order valence-electron chi connectivity index (χ3n) is 2.40. The zero-order valence-electron chi connectivity index (χ0n) is 10.8. The molecular weight excluding hydrogens is 234 g/mol. The molecule has 0 amide bonds. The van der Waals surface area contributed by atoms with Crippen LogP contribution in [0.1, 0.15) is 44.4 Å². The average Bonchev–Trinajstić information content (AvgIpc) is 2.75. The van der Waals surface area contributed by atoms with Gasteiger partial charge in [0.05, 0.1) is 0 Å². The Balaban J connectivity index is 2.10. The minimum absolute atomic E-state index is 0.351. The lowest BCUT2D eigenvalue weighted by Crippen LogP contribution is -2.19. The minimum Gasteiger partial charge on any atom is -0.310 e. The van der Waals surface area contributed by atoms with Crippen molar-refractivity contribution in [2.45, 2.75) is 40.2 Å². The highest BCUT2D eigenvalue weighted by Crippen LogP contribution is 2.18. The molecule has 17 heavy (non-hydrogen) atoms. The van der Waals surface area contributed by atoms with E-state index in [0.717, 1.165) is 28.9 Å². The van der Waals surface area contributed by atoms with Crippen molar-refractivity contribution in [3.63, 3.8) is 0 Å². The maximum absolute atomic E-state index is 4.54. The van der Waals surface area contributed by atoms with Crippen molar-refractivity contribution in [3.05, 3.63) is 10.8 Å². The van der Waals surface area contributed by atoms with Gasteiger partial charge >= 0.3 is 0 Å². The van der Waals surface area contributed by atoms with E-state index in [2.05, 4.69) is 48.3 Å². The molecule has 5 nitrogen and oxygen atoms in total. The molecule has 2 aromatic rings. The maximum Gasteiger partial charge on any atom is 0.234 e. The van der Waals surface area contributed by atoms with Crippen molar-refractivity contribution in [2.24, 2.45) is 5.92 Å². The molecule has 2 heterocycles. The van der Waals surface area contributed by atoms with Gasteiger partial charge in [0.25, 0.3) is 0 Å². The summed E-state index contributed by atoms with van der Waals surface area (Å²) in [5.74, 6) is 1.95. The van der Waals surface area contributed by atoms with E-state index in [1.165, 1.54) is 0 Å². The van der Waals surface area contributed by atoms with Gasteiger partial charge in [0.1, 0.15) is 5.01 Å². The summed E-state index contributed by atoms with van der Waals surface area (Å²) in [4.78, 5) is 0.884. The van der Waals surface area contributed by atoms with Gasteiger partial charge in [-0.25, -0.2) is 0 Å². The fraction of sp³-hybridized carbons (Fsp3) is 0.727. The first-order valence-electron chi connectivity index (χ1n) is 5.99. The van der Waals surface area contributed by atoms with Crippen LogP contribution >= 0.6 is 11.3 Å². The molecule has 0 fully saturated rings. The molecule has 0 unspecified atom stereocenters. The number of fused-ring (bicyclic) bond motifs is 1. The molecule has 2 aromatic heterocycles. The smallest absolute Gasteiger partial charge is 0.234 e. The summed E-state index contributed by atoms with van der Waals surface area (Å²) >= 11 is 1.60. The molecule has 0 radical (unpaired) electrons. The van der Waals surface area contributed by atoms with Crippen molar-refractivity contribution in [2.75, 3.05) is 6.54 Å². The van der Waals surface area contributed by atoms with Gasteiger partial charge in [0, 0.05) is 12.5 Å². The third kappa shape index (κ3) is 2.81. The monoisotopic (exact) mass is 253 g/mol. The number of hydrogen-bond acceptors (Lipinski definition) is 5. The van der Waals surface area contributed by atoms with Crippen LogP contribution in [0.2, 0.25) is 0 Å². The topological polar surface area (TPSA) is 55.1 Å². The van der Waals surface area contributed by atoms with E-state index in [4.69, 9.17) is 0 Å². The van der Waals surface area contributed by atoms with Gasteiger partial charge in [-0.05, 0) is 12.5 Å². The van der Waals surface area contributed by atoms with Gasteiger partial charge in [0.2, 0.25) is 4.96 Å². The van der Waals surface area contributed by atoms with Gasteiger partial charge in [-0.15, -0.1) is 10.2 Å². The maximum atomic E-state index is 4.54. The van der Waals surface area contributed by atoms with E-state index >= 15 is 0 Å². The fourth-order valence-corrected chi connectivity index (χ4v) is 2.38. The van der Waals surface area contributed by atoms with Crippen LogP contribution in [-0.2, 0) is 6.54 Å². The zero-order chi connectivity index (χ0) is 12.4. The number of aromatic nitrogens is 4. The number of rotatable bonds is 5. The zero-order valence-corrected chi connectivity index (χ0v) is 11.6. The van der Waals surface area contributed by atoms with Gasteiger partial charge in [-0.1, -0.05) is 39.0 Å². The molecule has 6 heteroatoms. The van der Waals surface area contributed by atoms with Crippen LogP contribution in [0.25, 0.3) is 4.96 Å². The highest BCUT2D eigenvalue weighted by molar-refractivity contribution is 7.16. The van der Waals surface area contributed by atoms with Crippen LogP contribution in [0.3, 0.4) is 0 Å². The highest BCUT2D eigenvalue weighted by atomic mass is 32.1. The second-order valence-electron chi connectivity index (χ2n) is 4.93. The Bertz CT molecular complexity index is 485. The molecule has 2 rings (SSSR count). The van der Waals surface area contributed by atoms with Gasteiger partial charge in [-0.3, -0.25) is 0 Å². The van der Waals surface area contributed by atoms with E-state index in [0.29, 0.717) is 11.8 Å². The Morgan fingerprint density at radius 3 is 2.65 bits per heavy atom. The molecule has 0 spiro atoms. The summed E-state index contributed by atoms with van der Waals surface area (Å²) in [7, 11) is 0. The first kappa shape index (κ1) is 12.4. The third-order valence-corrected chi connectivity index (χ3v) is 3.30. The number of nitrogens with zero attached hydrogens (tertiary/aromatic N) is 4. The summed E-state index contributed by atoms with van der Waals surface area (Å²) < 4.78 is 1.86. The van der Waals surface area contributed by atoms with Crippen LogP contribution in [0, 0.1) is 5.92 Å². The van der Waals surface area contributed by atoms with E-state index in [1.807, 2.05) is 4.52 Å². The Labute approximate surface area is 105 Å². The molecule has 0 saturated carbocycles. The normalized spacial score (nSPS) is 12.1. The molecule has 0 aromatic carbocycles. The van der Waals surface area contributed by atoms with Crippen molar-refractivity contribution in [1.29, 1.82) is 0 Å². The van der Waals surface area contributed by atoms with Crippen LogP contribution in [0.15, 0.2) is 0 Å². The first-order chi connectivity index (χ1) is 8.08. The lowest BCUT2D eigenvalue weighted by Gasteiger charge is -2.04.